The largest absolute Gasteiger partial charge is 0.460 e. The molecule has 0 bridgehead atoms. The van der Waals surface area contributed by atoms with Crippen molar-refractivity contribution in [3.05, 3.63) is 0 Å². The van der Waals surface area contributed by atoms with Crippen LogP contribution < -0.4 is 0 Å². The Balaban J connectivity index is 2.61. The zero-order chi connectivity index (χ0) is 37.1. The van der Waals surface area contributed by atoms with Crippen molar-refractivity contribution in [3.8, 4) is 0 Å². The topological polar surface area (TPSA) is 99.4 Å². The summed E-state index contributed by atoms with van der Waals surface area (Å²) in [4.78, 5) is 0. The van der Waals surface area contributed by atoms with Gasteiger partial charge < -0.3 is 29.9 Å². The molecule has 23 heteroatoms. The van der Waals surface area contributed by atoms with Crippen molar-refractivity contribution in [2.75, 3.05) is 13.2 Å². The van der Waals surface area contributed by atoms with Gasteiger partial charge in [-0.1, -0.05) is 38.5 Å². The Hall–Kier alpha value is -1.43. The van der Waals surface area contributed by atoms with Crippen molar-refractivity contribution in [3.63, 3.8) is 0 Å². The van der Waals surface area contributed by atoms with Gasteiger partial charge in [0.2, 0.25) is 0 Å². The Morgan fingerprint density at radius 3 is 1.28 bits per heavy atom. The van der Waals surface area contributed by atoms with Gasteiger partial charge in [0.1, 0.15) is 24.4 Å². The molecule has 1 aliphatic rings. The fraction of sp³-hybridized carbons (Fsp3) is 1.00. The molecular formula is C24H31F17O6. The van der Waals surface area contributed by atoms with E-state index in [9.17, 15) is 90.0 Å². The predicted molar refractivity (Wildman–Crippen MR) is 122 cm³/mol. The SMILES string of the molecule is OC[C@H]1O[C@@H](OCCCCCCCCCCC(F)(F)C(F)(F)C(F)(F)C(F)(F)C(F)(F)C(F)(F)C(F)(F)C(F)(F)F)[C@H](O)[C@@H](O)[C@@H]1O. The summed E-state index contributed by atoms with van der Waals surface area (Å²) in [6.45, 7) is -0.726. The molecule has 0 saturated carbocycles. The molecule has 0 unspecified atom stereocenters. The summed E-state index contributed by atoms with van der Waals surface area (Å²) in [5, 5.41) is 38.3. The first kappa shape index (κ1) is 43.6. The van der Waals surface area contributed by atoms with Gasteiger partial charge in [0.25, 0.3) is 0 Å². The number of ether oxygens (including phenoxy) is 2. The van der Waals surface area contributed by atoms with Gasteiger partial charge in [-0.3, -0.25) is 0 Å². The highest BCUT2D eigenvalue weighted by molar-refractivity contribution is 5.15. The van der Waals surface area contributed by atoms with Crippen LogP contribution in [-0.2, 0) is 9.47 Å². The first-order valence-electron chi connectivity index (χ1n) is 13.6. The molecule has 0 amide bonds. The Bertz CT molecular complexity index is 976. The Morgan fingerprint density at radius 2 is 0.851 bits per heavy atom. The van der Waals surface area contributed by atoms with Crippen LogP contribution in [0.5, 0.6) is 0 Å². The second-order valence-electron chi connectivity index (χ2n) is 10.8. The monoisotopic (exact) mass is 738 g/mol. The van der Waals surface area contributed by atoms with Gasteiger partial charge in [0.15, 0.2) is 6.29 Å². The lowest BCUT2D eigenvalue weighted by Gasteiger charge is -2.42. The number of unbranched alkanes of at least 4 members (excludes halogenated alkanes) is 7. The maximum absolute atomic E-state index is 13.9. The van der Waals surface area contributed by atoms with E-state index < -0.39 is 104 Å². The van der Waals surface area contributed by atoms with Crippen molar-refractivity contribution in [2.24, 2.45) is 0 Å². The molecule has 47 heavy (non-hydrogen) atoms. The smallest absolute Gasteiger partial charge is 0.394 e. The van der Waals surface area contributed by atoms with Gasteiger partial charge in [-0.05, 0) is 12.8 Å². The first-order valence-corrected chi connectivity index (χ1v) is 13.6. The minimum Gasteiger partial charge on any atom is -0.394 e. The number of aliphatic hydroxyl groups is 4. The summed E-state index contributed by atoms with van der Waals surface area (Å²) in [6.07, 6.45) is -17.7. The van der Waals surface area contributed by atoms with E-state index >= 15 is 0 Å². The molecule has 1 heterocycles. The number of hydrogen-bond donors (Lipinski definition) is 4. The van der Waals surface area contributed by atoms with E-state index in [0.717, 1.165) is 0 Å². The molecule has 0 aliphatic carbocycles. The Kier molecular flexibility index (Phi) is 14.1. The molecule has 1 saturated heterocycles. The third-order valence-corrected chi connectivity index (χ3v) is 7.30. The number of rotatable bonds is 19. The minimum atomic E-state index is -8.63. The molecule has 282 valence electrons. The fourth-order valence-corrected chi connectivity index (χ4v) is 4.27. The standard InChI is InChI=1S/C24H31F17O6/c25-17(26,18(27,28)19(29,30)20(31,32)21(33,34)22(35,36)23(37,38)24(39,40)41)9-7-5-3-1-2-4-6-8-10-46-16-15(45)14(44)13(43)12(11-42)47-16/h12-16,42-45H,1-11H2/t12-,13-,14+,15-,16-/m1/s1. The normalized spacial score (nSPS) is 24.6. The van der Waals surface area contributed by atoms with Crippen molar-refractivity contribution in [1.82, 2.24) is 0 Å². The van der Waals surface area contributed by atoms with E-state index in [-0.39, 0.29) is 19.4 Å². The molecule has 5 atom stereocenters. The molecule has 0 radical (unpaired) electrons. The van der Waals surface area contributed by atoms with E-state index in [1.165, 1.54) is 0 Å². The molecule has 6 nitrogen and oxygen atoms in total. The van der Waals surface area contributed by atoms with E-state index in [2.05, 4.69) is 0 Å². The summed E-state index contributed by atoms with van der Waals surface area (Å²) in [5.41, 5.74) is 0. The first-order chi connectivity index (χ1) is 21.0. The second-order valence-corrected chi connectivity index (χ2v) is 10.8. The van der Waals surface area contributed by atoms with Crippen LogP contribution in [-0.4, -0.2) is 112 Å². The fourth-order valence-electron chi connectivity index (χ4n) is 4.27. The number of aliphatic hydroxyl groups excluding tert-OH is 4. The van der Waals surface area contributed by atoms with E-state index in [0.29, 0.717) is 25.7 Å². The van der Waals surface area contributed by atoms with Crippen molar-refractivity contribution in [1.29, 1.82) is 0 Å². The van der Waals surface area contributed by atoms with Gasteiger partial charge >= 0.3 is 47.6 Å². The van der Waals surface area contributed by atoms with Crippen LogP contribution >= 0.6 is 0 Å². The zero-order valence-electron chi connectivity index (χ0n) is 23.7. The average Bonchev–Trinajstić information content (AvgIpc) is 2.94. The van der Waals surface area contributed by atoms with Crippen LogP contribution in [0, 0.1) is 0 Å². The molecule has 0 aromatic heterocycles. The van der Waals surface area contributed by atoms with Gasteiger partial charge in [-0.2, -0.15) is 74.6 Å². The quantitative estimate of drug-likeness (QED) is 0.0915. The summed E-state index contributed by atoms with van der Waals surface area (Å²) < 4.78 is 236. The van der Waals surface area contributed by atoms with Crippen molar-refractivity contribution in [2.45, 2.75) is 136 Å². The number of alkyl halides is 17. The highest BCUT2D eigenvalue weighted by Gasteiger charge is 2.95. The third kappa shape index (κ3) is 8.31. The Morgan fingerprint density at radius 1 is 0.468 bits per heavy atom. The molecular weight excluding hydrogens is 707 g/mol. The van der Waals surface area contributed by atoms with E-state index in [1.807, 2.05) is 0 Å². The Labute approximate surface area is 254 Å². The van der Waals surface area contributed by atoms with Gasteiger partial charge in [-0.25, -0.2) is 0 Å². The molecule has 0 aromatic rings. The maximum Gasteiger partial charge on any atom is 0.460 e. The average molecular weight is 738 g/mol. The van der Waals surface area contributed by atoms with E-state index in [4.69, 9.17) is 14.6 Å². The van der Waals surface area contributed by atoms with Crippen molar-refractivity contribution >= 4 is 0 Å². The maximum atomic E-state index is 13.9. The van der Waals surface area contributed by atoms with E-state index in [1.54, 1.807) is 0 Å². The molecule has 1 aliphatic heterocycles. The predicted octanol–water partition coefficient (Wildman–Crippen LogP) is 6.32. The van der Waals surface area contributed by atoms with Gasteiger partial charge in [0.05, 0.1) is 6.61 Å². The molecule has 4 N–H and O–H groups in total. The molecule has 0 spiro atoms. The number of hydrogen-bond acceptors (Lipinski definition) is 6. The highest BCUT2D eigenvalue weighted by atomic mass is 19.4. The summed E-state index contributed by atoms with van der Waals surface area (Å²) >= 11 is 0. The van der Waals surface area contributed by atoms with Crippen LogP contribution in [0.4, 0.5) is 74.6 Å². The van der Waals surface area contributed by atoms with Crippen LogP contribution in [0.25, 0.3) is 0 Å². The van der Waals surface area contributed by atoms with Gasteiger partial charge in [0, 0.05) is 13.0 Å². The van der Waals surface area contributed by atoms with Crippen molar-refractivity contribution < 1.29 is 105 Å². The van der Waals surface area contributed by atoms with Crippen LogP contribution in [0.15, 0.2) is 0 Å². The van der Waals surface area contributed by atoms with Gasteiger partial charge in [-0.15, -0.1) is 0 Å². The zero-order valence-corrected chi connectivity index (χ0v) is 23.7. The van der Waals surface area contributed by atoms with Crippen LogP contribution in [0.1, 0.15) is 57.8 Å². The lowest BCUT2D eigenvalue weighted by atomic mass is 9.87. The highest BCUT2D eigenvalue weighted by Crippen LogP contribution is 2.64. The molecule has 1 fully saturated rings. The van der Waals surface area contributed by atoms with Crippen LogP contribution in [0.3, 0.4) is 0 Å². The number of halogens is 17. The third-order valence-electron chi connectivity index (χ3n) is 7.30. The summed E-state index contributed by atoms with van der Waals surface area (Å²) in [6, 6.07) is 0. The minimum absolute atomic E-state index is 0.0377. The molecule has 0 aromatic carbocycles. The second kappa shape index (κ2) is 15.2. The molecule has 1 rings (SSSR count). The lowest BCUT2D eigenvalue weighted by molar-refractivity contribution is -0.461. The lowest BCUT2D eigenvalue weighted by Crippen LogP contribution is -2.74. The summed E-state index contributed by atoms with van der Waals surface area (Å²) in [7, 11) is 0. The summed E-state index contributed by atoms with van der Waals surface area (Å²) in [5.74, 6) is -56.2. The van der Waals surface area contributed by atoms with Crippen LogP contribution in [0.2, 0.25) is 0 Å².